The summed E-state index contributed by atoms with van der Waals surface area (Å²) in [5, 5.41) is 3.51. The van der Waals surface area contributed by atoms with E-state index in [-0.39, 0.29) is 10.6 Å². The molecule has 0 spiro atoms. The summed E-state index contributed by atoms with van der Waals surface area (Å²) in [5.41, 5.74) is 2.23. The van der Waals surface area contributed by atoms with Gasteiger partial charge in [-0.05, 0) is 62.4 Å². The number of nitrogens with one attached hydrogen (secondary N) is 2. The van der Waals surface area contributed by atoms with Crippen LogP contribution in [0.5, 0.6) is 5.75 Å². The fourth-order valence-corrected chi connectivity index (χ4v) is 5.20. The molecule has 2 heterocycles. The lowest BCUT2D eigenvalue weighted by Crippen LogP contribution is -2.54. The first-order valence-corrected chi connectivity index (χ1v) is 11.7. The first-order chi connectivity index (χ1) is 14.9. The van der Waals surface area contributed by atoms with Crippen LogP contribution >= 0.6 is 0 Å². The number of ether oxygens (including phenoxy) is 1. The van der Waals surface area contributed by atoms with Gasteiger partial charge in [-0.2, -0.15) is 0 Å². The quantitative estimate of drug-likeness (QED) is 0.603. The normalized spacial score (nSPS) is 19.3. The maximum atomic E-state index is 13.1. The molecule has 7 nitrogen and oxygen atoms in total. The number of furan rings is 1. The minimum Gasteiger partial charge on any atom is -0.495 e. The van der Waals surface area contributed by atoms with Gasteiger partial charge in [0.2, 0.25) is 0 Å². The Morgan fingerprint density at radius 1 is 1.06 bits per heavy atom. The molecule has 2 N–H and O–H groups in total. The SMILES string of the molecule is COc1cc(-c2ccco2)ccc1S(=O)(=O)Nc1cccc(N2C[C@@H](C)N[C@@H](C)C2)c1. The summed E-state index contributed by atoms with van der Waals surface area (Å²) in [4.78, 5) is 2.34. The third kappa shape index (κ3) is 4.70. The van der Waals surface area contributed by atoms with Crippen molar-refractivity contribution >= 4 is 21.4 Å². The minimum atomic E-state index is -3.85. The van der Waals surface area contributed by atoms with Crippen LogP contribution in [0.4, 0.5) is 11.4 Å². The molecule has 0 unspecified atom stereocenters. The first kappa shape index (κ1) is 21.3. The van der Waals surface area contributed by atoms with Gasteiger partial charge in [0.25, 0.3) is 10.0 Å². The maximum absolute atomic E-state index is 13.1. The Balaban J connectivity index is 1.59. The highest BCUT2D eigenvalue weighted by molar-refractivity contribution is 7.92. The van der Waals surface area contributed by atoms with E-state index in [1.54, 1.807) is 30.5 Å². The van der Waals surface area contributed by atoms with Gasteiger partial charge >= 0.3 is 0 Å². The molecule has 0 saturated carbocycles. The number of hydrogen-bond donors (Lipinski definition) is 2. The molecule has 2 aromatic carbocycles. The van der Waals surface area contributed by atoms with Crippen molar-refractivity contribution in [1.82, 2.24) is 5.32 Å². The van der Waals surface area contributed by atoms with Gasteiger partial charge in [-0.1, -0.05) is 6.07 Å². The van der Waals surface area contributed by atoms with Gasteiger partial charge in [-0.3, -0.25) is 4.72 Å². The molecule has 1 aliphatic heterocycles. The number of hydrogen-bond acceptors (Lipinski definition) is 6. The lowest BCUT2D eigenvalue weighted by molar-refractivity contribution is 0.403. The van der Waals surface area contributed by atoms with Crippen molar-refractivity contribution in [3.8, 4) is 17.1 Å². The lowest BCUT2D eigenvalue weighted by Gasteiger charge is -2.37. The van der Waals surface area contributed by atoms with E-state index in [1.165, 1.54) is 13.2 Å². The summed E-state index contributed by atoms with van der Waals surface area (Å²) >= 11 is 0. The molecule has 31 heavy (non-hydrogen) atoms. The average molecular weight is 442 g/mol. The molecule has 2 atom stereocenters. The molecular weight excluding hydrogens is 414 g/mol. The molecule has 0 bridgehead atoms. The van der Waals surface area contributed by atoms with Crippen molar-refractivity contribution in [2.45, 2.75) is 30.8 Å². The number of benzene rings is 2. The molecule has 4 rings (SSSR count). The highest BCUT2D eigenvalue weighted by Gasteiger charge is 2.23. The molecule has 3 aromatic rings. The zero-order valence-electron chi connectivity index (χ0n) is 17.8. The van der Waals surface area contributed by atoms with Crippen molar-refractivity contribution in [1.29, 1.82) is 0 Å². The maximum Gasteiger partial charge on any atom is 0.265 e. The Bertz CT molecular complexity index is 1140. The van der Waals surface area contributed by atoms with Crippen molar-refractivity contribution in [2.75, 3.05) is 29.8 Å². The molecule has 1 saturated heterocycles. The zero-order chi connectivity index (χ0) is 22.0. The van der Waals surface area contributed by atoms with E-state index in [4.69, 9.17) is 9.15 Å². The number of rotatable bonds is 6. The number of piperazine rings is 1. The predicted octanol–water partition coefficient (Wildman–Crippen LogP) is 3.94. The Hall–Kier alpha value is -2.97. The summed E-state index contributed by atoms with van der Waals surface area (Å²) < 4.78 is 39.7. The van der Waals surface area contributed by atoms with E-state index >= 15 is 0 Å². The standard InChI is InChI=1S/C23H27N3O4S/c1-16-14-26(15-17(2)24-16)20-7-4-6-19(13-20)25-31(27,28)23-10-9-18(12-22(23)29-3)21-8-5-11-30-21/h4-13,16-17,24-25H,14-15H2,1-3H3/t16-,17+. The molecular formula is C23H27N3O4S. The van der Waals surface area contributed by atoms with E-state index in [9.17, 15) is 8.42 Å². The van der Waals surface area contributed by atoms with Gasteiger partial charge in [0.1, 0.15) is 16.4 Å². The van der Waals surface area contributed by atoms with E-state index in [0.717, 1.165) is 24.3 Å². The fourth-order valence-electron chi connectivity index (χ4n) is 4.00. The molecule has 1 fully saturated rings. The second kappa shape index (κ2) is 8.64. The van der Waals surface area contributed by atoms with Crippen molar-refractivity contribution in [3.63, 3.8) is 0 Å². The van der Waals surface area contributed by atoms with Gasteiger partial charge in [0.05, 0.1) is 19.1 Å². The minimum absolute atomic E-state index is 0.0696. The van der Waals surface area contributed by atoms with Gasteiger partial charge in [0, 0.05) is 36.4 Å². The molecule has 0 amide bonds. The van der Waals surface area contributed by atoms with Crippen LogP contribution in [0.2, 0.25) is 0 Å². The van der Waals surface area contributed by atoms with Crippen LogP contribution in [0.15, 0.2) is 70.2 Å². The third-order valence-corrected chi connectivity index (χ3v) is 6.70. The monoisotopic (exact) mass is 441 g/mol. The molecule has 0 radical (unpaired) electrons. The second-order valence-electron chi connectivity index (χ2n) is 7.87. The zero-order valence-corrected chi connectivity index (χ0v) is 18.6. The average Bonchev–Trinajstić information content (AvgIpc) is 3.27. The van der Waals surface area contributed by atoms with Crippen LogP contribution in [0.25, 0.3) is 11.3 Å². The van der Waals surface area contributed by atoms with Gasteiger partial charge in [-0.15, -0.1) is 0 Å². The molecule has 164 valence electrons. The number of nitrogens with zero attached hydrogens (tertiary/aromatic N) is 1. The lowest BCUT2D eigenvalue weighted by atomic mass is 10.1. The summed E-state index contributed by atoms with van der Waals surface area (Å²) in [6.45, 7) is 6.02. The summed E-state index contributed by atoms with van der Waals surface area (Å²) in [7, 11) is -2.40. The van der Waals surface area contributed by atoms with Crippen molar-refractivity contribution in [3.05, 3.63) is 60.9 Å². The molecule has 1 aromatic heterocycles. The van der Waals surface area contributed by atoms with Gasteiger partial charge < -0.3 is 19.4 Å². The first-order valence-electron chi connectivity index (χ1n) is 10.2. The van der Waals surface area contributed by atoms with Crippen LogP contribution in [0.3, 0.4) is 0 Å². The van der Waals surface area contributed by atoms with Gasteiger partial charge in [0.15, 0.2) is 0 Å². The van der Waals surface area contributed by atoms with Crippen LogP contribution in [0.1, 0.15) is 13.8 Å². The van der Waals surface area contributed by atoms with E-state index in [0.29, 0.717) is 23.5 Å². The topological polar surface area (TPSA) is 83.8 Å². The fraction of sp³-hybridized carbons (Fsp3) is 0.304. The highest BCUT2D eigenvalue weighted by Crippen LogP contribution is 2.32. The second-order valence-corrected chi connectivity index (χ2v) is 9.52. The van der Waals surface area contributed by atoms with Crippen molar-refractivity contribution < 1.29 is 17.6 Å². The molecule has 1 aliphatic rings. The van der Waals surface area contributed by atoms with Crippen LogP contribution in [-0.4, -0.2) is 40.7 Å². The summed E-state index contributed by atoms with van der Waals surface area (Å²) in [5.74, 6) is 0.893. The summed E-state index contributed by atoms with van der Waals surface area (Å²) in [6.07, 6.45) is 1.57. The Morgan fingerprint density at radius 2 is 1.84 bits per heavy atom. The number of sulfonamides is 1. The van der Waals surface area contributed by atoms with E-state index in [1.807, 2.05) is 24.3 Å². The Kier molecular flexibility index (Phi) is 5.93. The van der Waals surface area contributed by atoms with E-state index < -0.39 is 10.0 Å². The Morgan fingerprint density at radius 3 is 2.52 bits per heavy atom. The summed E-state index contributed by atoms with van der Waals surface area (Å²) in [6, 6.07) is 16.7. The highest BCUT2D eigenvalue weighted by atomic mass is 32.2. The van der Waals surface area contributed by atoms with Crippen LogP contribution in [-0.2, 0) is 10.0 Å². The number of anilines is 2. The van der Waals surface area contributed by atoms with Gasteiger partial charge in [-0.25, -0.2) is 8.42 Å². The number of methoxy groups -OCH3 is 1. The largest absolute Gasteiger partial charge is 0.495 e. The van der Waals surface area contributed by atoms with E-state index in [2.05, 4.69) is 28.8 Å². The van der Waals surface area contributed by atoms with Crippen molar-refractivity contribution in [2.24, 2.45) is 0 Å². The predicted molar refractivity (Wildman–Crippen MR) is 122 cm³/mol. The van der Waals surface area contributed by atoms with Crippen LogP contribution < -0.4 is 19.7 Å². The molecule has 0 aliphatic carbocycles. The van der Waals surface area contributed by atoms with Crippen LogP contribution in [0, 0.1) is 0 Å². The Labute approximate surface area is 183 Å². The third-order valence-electron chi connectivity index (χ3n) is 5.28. The molecule has 8 heteroatoms. The smallest absolute Gasteiger partial charge is 0.265 e.